The van der Waals surface area contributed by atoms with Crippen LogP contribution in [0.1, 0.15) is 51.0 Å². The van der Waals surface area contributed by atoms with E-state index in [1.807, 2.05) is 6.92 Å². The fourth-order valence-electron chi connectivity index (χ4n) is 4.13. The van der Waals surface area contributed by atoms with Crippen LogP contribution in [0.3, 0.4) is 0 Å². The van der Waals surface area contributed by atoms with Crippen LogP contribution in [0.15, 0.2) is 40.9 Å². The van der Waals surface area contributed by atoms with Crippen LogP contribution in [-0.2, 0) is 16.1 Å². The van der Waals surface area contributed by atoms with Gasteiger partial charge in [-0.05, 0) is 49.6 Å². The van der Waals surface area contributed by atoms with Crippen molar-refractivity contribution in [3.8, 4) is 5.75 Å². The summed E-state index contributed by atoms with van der Waals surface area (Å²) in [7, 11) is 0. The van der Waals surface area contributed by atoms with Gasteiger partial charge in [-0.1, -0.05) is 83.0 Å². The van der Waals surface area contributed by atoms with Gasteiger partial charge < -0.3 is 15.0 Å². The zero-order chi connectivity index (χ0) is 24.7. The summed E-state index contributed by atoms with van der Waals surface area (Å²) in [5.41, 5.74) is 0.588. The molecule has 1 fully saturated rings. The van der Waals surface area contributed by atoms with Crippen molar-refractivity contribution in [2.75, 3.05) is 6.61 Å². The van der Waals surface area contributed by atoms with Crippen LogP contribution >= 0.6 is 50.7 Å². The molecular weight excluding hydrogens is 563 g/mol. The molecule has 5 nitrogen and oxygen atoms in total. The minimum Gasteiger partial charge on any atom is -0.482 e. The summed E-state index contributed by atoms with van der Waals surface area (Å²) in [5, 5.41) is 4.39. The van der Waals surface area contributed by atoms with Crippen molar-refractivity contribution in [3.05, 3.63) is 61.5 Å². The second-order valence-electron chi connectivity index (χ2n) is 8.35. The molecule has 0 heterocycles. The Morgan fingerprint density at radius 2 is 1.76 bits per heavy atom. The standard InChI is InChI=1S/C25H28BrCl3N2O3/c1-2-22(25(33)30-17-7-4-3-5-8-17)31(14-18-19(27)9-6-10-20(18)28)24(32)15-34-23-12-11-16(26)13-21(23)29/h6,9-13,17,22H,2-5,7-8,14-15H2,1H3,(H,30,33). The van der Waals surface area contributed by atoms with Gasteiger partial charge in [0.15, 0.2) is 6.61 Å². The lowest BCUT2D eigenvalue weighted by Crippen LogP contribution is -2.52. The Morgan fingerprint density at radius 1 is 1.09 bits per heavy atom. The lowest BCUT2D eigenvalue weighted by Gasteiger charge is -2.33. The summed E-state index contributed by atoms with van der Waals surface area (Å²) >= 11 is 22.4. The third kappa shape index (κ3) is 7.27. The Morgan fingerprint density at radius 3 is 2.38 bits per heavy atom. The highest BCUT2D eigenvalue weighted by atomic mass is 79.9. The third-order valence-electron chi connectivity index (χ3n) is 5.97. The van der Waals surface area contributed by atoms with E-state index in [1.54, 1.807) is 36.4 Å². The maximum Gasteiger partial charge on any atom is 0.261 e. The molecule has 1 unspecified atom stereocenters. The van der Waals surface area contributed by atoms with Crippen molar-refractivity contribution in [1.29, 1.82) is 0 Å². The normalized spacial score (nSPS) is 15.0. The fourth-order valence-corrected chi connectivity index (χ4v) is 5.38. The number of nitrogens with zero attached hydrogens (tertiary/aromatic N) is 1. The highest BCUT2D eigenvalue weighted by molar-refractivity contribution is 9.10. The lowest BCUT2D eigenvalue weighted by atomic mass is 9.95. The number of benzene rings is 2. The molecule has 9 heteroatoms. The number of ether oxygens (including phenoxy) is 1. The number of halogens is 4. The summed E-state index contributed by atoms with van der Waals surface area (Å²) in [5.74, 6) is -0.151. The molecule has 0 aliphatic heterocycles. The second kappa shape index (κ2) is 13.0. The first-order chi connectivity index (χ1) is 16.3. The molecule has 0 bridgehead atoms. The molecular formula is C25H28BrCl3N2O3. The van der Waals surface area contributed by atoms with Crippen molar-refractivity contribution in [3.63, 3.8) is 0 Å². The average Bonchev–Trinajstić information content (AvgIpc) is 2.80. The monoisotopic (exact) mass is 588 g/mol. The number of rotatable bonds is 9. The molecule has 0 saturated heterocycles. The van der Waals surface area contributed by atoms with Gasteiger partial charge >= 0.3 is 0 Å². The van der Waals surface area contributed by atoms with Crippen LogP contribution in [0.4, 0.5) is 0 Å². The summed E-state index contributed by atoms with van der Waals surface area (Å²) in [6.45, 7) is 1.69. The molecule has 1 aliphatic rings. The molecule has 2 amide bonds. The number of amides is 2. The third-order valence-corrected chi connectivity index (χ3v) is 7.47. The van der Waals surface area contributed by atoms with Crippen molar-refractivity contribution in [1.82, 2.24) is 10.2 Å². The average molecular weight is 591 g/mol. The van der Waals surface area contributed by atoms with Crippen molar-refractivity contribution >= 4 is 62.5 Å². The minimum absolute atomic E-state index is 0.0887. The molecule has 3 rings (SSSR count). The van der Waals surface area contributed by atoms with Crippen molar-refractivity contribution < 1.29 is 14.3 Å². The summed E-state index contributed by atoms with van der Waals surface area (Å²) in [6, 6.07) is 9.77. The lowest BCUT2D eigenvalue weighted by molar-refractivity contribution is -0.143. The van der Waals surface area contributed by atoms with E-state index in [-0.39, 0.29) is 31.0 Å². The van der Waals surface area contributed by atoms with Gasteiger partial charge in [-0.3, -0.25) is 9.59 Å². The van der Waals surface area contributed by atoms with Gasteiger partial charge in [-0.25, -0.2) is 0 Å². The van der Waals surface area contributed by atoms with Gasteiger partial charge in [-0.2, -0.15) is 0 Å². The van der Waals surface area contributed by atoms with E-state index in [1.165, 1.54) is 11.3 Å². The quantitative estimate of drug-likeness (QED) is 0.341. The maximum absolute atomic E-state index is 13.4. The fraction of sp³-hybridized carbons (Fsp3) is 0.440. The van der Waals surface area contributed by atoms with Gasteiger partial charge in [0.2, 0.25) is 5.91 Å². The number of hydrogen-bond donors (Lipinski definition) is 1. The van der Waals surface area contributed by atoms with Crippen LogP contribution in [0, 0.1) is 0 Å². The highest BCUT2D eigenvalue weighted by Gasteiger charge is 2.31. The van der Waals surface area contributed by atoms with E-state index < -0.39 is 6.04 Å². The summed E-state index contributed by atoms with van der Waals surface area (Å²) in [6.07, 6.45) is 5.73. The Hall–Kier alpha value is -1.47. The Bertz CT molecular complexity index is 995. The van der Waals surface area contributed by atoms with E-state index in [9.17, 15) is 9.59 Å². The zero-order valence-corrected chi connectivity index (χ0v) is 22.8. The molecule has 0 radical (unpaired) electrons. The predicted octanol–water partition coefficient (Wildman–Crippen LogP) is 7.04. The highest BCUT2D eigenvalue weighted by Crippen LogP contribution is 2.29. The van der Waals surface area contributed by atoms with Gasteiger partial charge in [0.25, 0.3) is 5.91 Å². The van der Waals surface area contributed by atoms with Crippen LogP contribution in [0.2, 0.25) is 15.1 Å². The molecule has 0 aromatic heterocycles. The SMILES string of the molecule is CCC(C(=O)NC1CCCCC1)N(Cc1c(Cl)cccc1Cl)C(=O)COc1ccc(Br)cc1Cl. The number of nitrogens with one attached hydrogen (secondary N) is 1. The first kappa shape index (κ1) is 27.1. The number of hydrogen-bond acceptors (Lipinski definition) is 3. The summed E-state index contributed by atoms with van der Waals surface area (Å²) in [4.78, 5) is 28.2. The largest absolute Gasteiger partial charge is 0.482 e. The Balaban J connectivity index is 1.82. The van der Waals surface area contributed by atoms with Gasteiger partial charge in [0.1, 0.15) is 11.8 Å². The van der Waals surface area contributed by atoms with E-state index in [4.69, 9.17) is 39.5 Å². The number of carbonyl (C=O) groups is 2. The van der Waals surface area contributed by atoms with E-state index in [2.05, 4.69) is 21.2 Å². The molecule has 34 heavy (non-hydrogen) atoms. The zero-order valence-electron chi connectivity index (χ0n) is 19.0. The first-order valence-corrected chi connectivity index (χ1v) is 13.3. The molecule has 1 saturated carbocycles. The first-order valence-electron chi connectivity index (χ1n) is 11.4. The van der Waals surface area contributed by atoms with E-state index in [0.717, 1.165) is 30.2 Å². The molecule has 1 N–H and O–H groups in total. The van der Waals surface area contributed by atoms with E-state index in [0.29, 0.717) is 32.8 Å². The Kier molecular flexibility index (Phi) is 10.4. The summed E-state index contributed by atoms with van der Waals surface area (Å²) < 4.78 is 6.52. The Labute approximate surface area is 224 Å². The molecule has 1 aliphatic carbocycles. The van der Waals surface area contributed by atoms with Crippen LogP contribution < -0.4 is 10.1 Å². The molecule has 1 atom stereocenters. The smallest absolute Gasteiger partial charge is 0.261 e. The van der Waals surface area contributed by atoms with Crippen molar-refractivity contribution in [2.24, 2.45) is 0 Å². The maximum atomic E-state index is 13.4. The van der Waals surface area contributed by atoms with Crippen molar-refractivity contribution in [2.45, 2.75) is 64.1 Å². The second-order valence-corrected chi connectivity index (χ2v) is 10.5. The van der Waals surface area contributed by atoms with Gasteiger partial charge in [0.05, 0.1) is 5.02 Å². The van der Waals surface area contributed by atoms with Gasteiger partial charge in [-0.15, -0.1) is 0 Å². The molecule has 0 spiro atoms. The van der Waals surface area contributed by atoms with Crippen LogP contribution in [0.5, 0.6) is 5.75 Å². The van der Waals surface area contributed by atoms with E-state index >= 15 is 0 Å². The molecule has 2 aromatic rings. The van der Waals surface area contributed by atoms with Gasteiger partial charge in [0, 0.05) is 32.7 Å². The molecule has 2 aromatic carbocycles. The predicted molar refractivity (Wildman–Crippen MR) is 141 cm³/mol. The molecule has 184 valence electrons. The topological polar surface area (TPSA) is 58.6 Å². The van der Waals surface area contributed by atoms with Crippen LogP contribution in [-0.4, -0.2) is 35.4 Å². The van der Waals surface area contributed by atoms with Crippen LogP contribution in [0.25, 0.3) is 0 Å². The minimum atomic E-state index is -0.689. The number of carbonyl (C=O) groups excluding carboxylic acids is 2.